The van der Waals surface area contributed by atoms with Crippen LogP contribution in [0.4, 0.5) is 11.4 Å². The van der Waals surface area contributed by atoms with Crippen molar-refractivity contribution in [1.29, 1.82) is 0 Å². The number of nitrogens with one attached hydrogen (secondary N) is 2. The first-order valence-corrected chi connectivity index (χ1v) is 9.63. The molecule has 2 bridgehead atoms. The van der Waals surface area contributed by atoms with Crippen LogP contribution in [0.25, 0.3) is 0 Å². The number of aryl methyl sites for hydroxylation is 1. The van der Waals surface area contributed by atoms with Gasteiger partial charge >= 0.3 is 5.97 Å². The number of allylic oxidation sites excluding steroid dienone is 2. The van der Waals surface area contributed by atoms with Crippen molar-refractivity contribution in [3.8, 4) is 0 Å². The second kappa shape index (κ2) is 7.54. The average Bonchev–Trinajstić information content (AvgIpc) is 3.32. The van der Waals surface area contributed by atoms with Gasteiger partial charge in [0.1, 0.15) is 0 Å². The lowest BCUT2D eigenvalue weighted by atomic mass is 9.82. The number of anilines is 2. The number of carbonyl (C=O) groups is 3. The van der Waals surface area contributed by atoms with E-state index in [0.717, 1.165) is 12.0 Å². The van der Waals surface area contributed by atoms with Crippen LogP contribution < -0.4 is 10.6 Å². The summed E-state index contributed by atoms with van der Waals surface area (Å²) in [7, 11) is 0. The molecule has 0 aliphatic heterocycles. The van der Waals surface area contributed by atoms with Crippen LogP contribution in [-0.2, 0) is 9.59 Å². The standard InChI is InChI=1S/C23H22N2O4/c1-13-11-17(9-10-18(13)25-21(26)14-5-3-2-4-6-14)24-22(27)19-15-7-8-16(12-15)20(19)23(28)29/h2-11,15-16,19-20H,12H2,1H3,(H,24,27)(H,25,26)(H,28,29). The van der Waals surface area contributed by atoms with Gasteiger partial charge in [-0.1, -0.05) is 30.4 Å². The van der Waals surface area contributed by atoms with E-state index in [1.54, 1.807) is 42.5 Å². The number of benzene rings is 2. The van der Waals surface area contributed by atoms with E-state index in [4.69, 9.17) is 0 Å². The van der Waals surface area contributed by atoms with Crippen LogP contribution in [0.3, 0.4) is 0 Å². The van der Waals surface area contributed by atoms with E-state index in [9.17, 15) is 19.5 Å². The first-order chi connectivity index (χ1) is 13.9. The van der Waals surface area contributed by atoms with Gasteiger partial charge < -0.3 is 15.7 Å². The monoisotopic (exact) mass is 390 g/mol. The van der Waals surface area contributed by atoms with Crippen molar-refractivity contribution >= 4 is 29.2 Å². The molecule has 4 rings (SSSR count). The van der Waals surface area contributed by atoms with E-state index < -0.39 is 17.8 Å². The number of rotatable bonds is 5. The summed E-state index contributed by atoms with van der Waals surface area (Å²) in [5.74, 6) is -2.71. The van der Waals surface area contributed by atoms with E-state index in [1.165, 1.54) is 0 Å². The van der Waals surface area contributed by atoms with Gasteiger partial charge in [0.15, 0.2) is 0 Å². The fraction of sp³-hybridized carbons (Fsp3) is 0.261. The highest BCUT2D eigenvalue weighted by molar-refractivity contribution is 6.05. The van der Waals surface area contributed by atoms with Crippen molar-refractivity contribution in [3.05, 3.63) is 71.8 Å². The topological polar surface area (TPSA) is 95.5 Å². The third-order valence-electron chi connectivity index (χ3n) is 5.83. The van der Waals surface area contributed by atoms with Crippen molar-refractivity contribution in [2.45, 2.75) is 13.3 Å². The van der Waals surface area contributed by atoms with Crippen molar-refractivity contribution in [2.75, 3.05) is 10.6 Å². The molecule has 6 heteroatoms. The molecule has 0 radical (unpaired) electrons. The predicted octanol–water partition coefficient (Wildman–Crippen LogP) is 3.71. The largest absolute Gasteiger partial charge is 0.481 e. The molecular formula is C23H22N2O4. The number of aliphatic carboxylic acids is 1. The highest BCUT2D eigenvalue weighted by Crippen LogP contribution is 2.48. The van der Waals surface area contributed by atoms with Crippen LogP contribution in [0.2, 0.25) is 0 Å². The molecule has 4 atom stereocenters. The molecule has 0 spiro atoms. The van der Waals surface area contributed by atoms with E-state index in [2.05, 4.69) is 10.6 Å². The minimum absolute atomic E-state index is 0.0216. The predicted molar refractivity (Wildman–Crippen MR) is 110 cm³/mol. The SMILES string of the molecule is Cc1cc(NC(=O)C2C3C=CC(C3)C2C(=O)O)ccc1NC(=O)c1ccccc1. The van der Waals surface area contributed by atoms with Crippen molar-refractivity contribution < 1.29 is 19.5 Å². The summed E-state index contributed by atoms with van der Waals surface area (Å²) in [4.78, 5) is 36.8. The molecular weight excluding hydrogens is 368 g/mol. The summed E-state index contributed by atoms with van der Waals surface area (Å²) in [5, 5.41) is 15.3. The molecule has 4 unspecified atom stereocenters. The fourth-order valence-corrected chi connectivity index (χ4v) is 4.41. The van der Waals surface area contributed by atoms with Gasteiger partial charge in [0, 0.05) is 16.9 Å². The number of amides is 2. The summed E-state index contributed by atoms with van der Waals surface area (Å²) in [5.41, 5.74) is 2.60. The summed E-state index contributed by atoms with van der Waals surface area (Å²) in [6.07, 6.45) is 4.60. The molecule has 2 aliphatic rings. The maximum Gasteiger partial charge on any atom is 0.307 e. The lowest BCUT2D eigenvalue weighted by molar-refractivity contribution is -0.146. The summed E-state index contributed by atoms with van der Waals surface area (Å²) in [6.45, 7) is 1.84. The van der Waals surface area contributed by atoms with Crippen LogP contribution in [0.1, 0.15) is 22.3 Å². The molecule has 6 nitrogen and oxygen atoms in total. The molecule has 2 aromatic rings. The fourth-order valence-electron chi connectivity index (χ4n) is 4.41. The van der Waals surface area contributed by atoms with Gasteiger partial charge in [0.2, 0.25) is 5.91 Å². The molecule has 148 valence electrons. The summed E-state index contributed by atoms with van der Waals surface area (Å²) >= 11 is 0. The Morgan fingerprint density at radius 1 is 0.931 bits per heavy atom. The highest BCUT2D eigenvalue weighted by atomic mass is 16.4. The first-order valence-electron chi connectivity index (χ1n) is 9.63. The number of hydrogen-bond acceptors (Lipinski definition) is 3. The maximum absolute atomic E-state index is 12.8. The molecule has 1 fully saturated rings. The third-order valence-corrected chi connectivity index (χ3v) is 5.83. The lowest BCUT2D eigenvalue weighted by Gasteiger charge is -2.24. The number of carboxylic acid groups (broad SMARTS) is 1. The third kappa shape index (κ3) is 3.66. The average molecular weight is 390 g/mol. The normalized spacial score (nSPS) is 24.3. The van der Waals surface area contributed by atoms with Gasteiger partial charge in [-0.2, -0.15) is 0 Å². The number of carbonyl (C=O) groups excluding carboxylic acids is 2. The zero-order valence-electron chi connectivity index (χ0n) is 16.0. The van der Waals surface area contributed by atoms with Crippen LogP contribution in [-0.4, -0.2) is 22.9 Å². The Morgan fingerprint density at radius 2 is 1.62 bits per heavy atom. The summed E-state index contributed by atoms with van der Waals surface area (Å²) < 4.78 is 0. The second-order valence-electron chi connectivity index (χ2n) is 7.68. The molecule has 2 aliphatic carbocycles. The van der Waals surface area contributed by atoms with Crippen molar-refractivity contribution in [3.63, 3.8) is 0 Å². The summed E-state index contributed by atoms with van der Waals surface area (Å²) in [6, 6.07) is 14.2. The quantitative estimate of drug-likeness (QED) is 0.678. The Hall–Kier alpha value is -3.41. The number of fused-ring (bicyclic) bond motifs is 2. The van der Waals surface area contributed by atoms with Crippen molar-refractivity contribution in [2.24, 2.45) is 23.7 Å². The van der Waals surface area contributed by atoms with Gasteiger partial charge in [-0.25, -0.2) is 0 Å². The number of hydrogen-bond donors (Lipinski definition) is 3. The van der Waals surface area contributed by atoms with Crippen LogP contribution in [0.15, 0.2) is 60.7 Å². The van der Waals surface area contributed by atoms with E-state index >= 15 is 0 Å². The van der Waals surface area contributed by atoms with Gasteiger partial charge in [0.05, 0.1) is 11.8 Å². The lowest BCUT2D eigenvalue weighted by Crippen LogP contribution is -2.36. The van der Waals surface area contributed by atoms with Crippen LogP contribution in [0.5, 0.6) is 0 Å². The van der Waals surface area contributed by atoms with Crippen molar-refractivity contribution in [1.82, 2.24) is 0 Å². The Labute approximate surface area is 168 Å². The molecule has 0 saturated heterocycles. The van der Waals surface area contributed by atoms with Gasteiger partial charge in [-0.15, -0.1) is 0 Å². The maximum atomic E-state index is 12.8. The number of carboxylic acids is 1. The smallest absolute Gasteiger partial charge is 0.307 e. The minimum atomic E-state index is -0.919. The minimum Gasteiger partial charge on any atom is -0.481 e. The van der Waals surface area contributed by atoms with Crippen LogP contribution in [0, 0.1) is 30.6 Å². The zero-order chi connectivity index (χ0) is 20.5. The first kappa shape index (κ1) is 18.9. The molecule has 29 heavy (non-hydrogen) atoms. The van der Waals surface area contributed by atoms with E-state index in [-0.39, 0.29) is 23.7 Å². The van der Waals surface area contributed by atoms with Crippen LogP contribution >= 0.6 is 0 Å². The van der Waals surface area contributed by atoms with E-state index in [0.29, 0.717) is 16.9 Å². The Bertz CT molecular complexity index is 999. The molecule has 2 amide bonds. The van der Waals surface area contributed by atoms with Gasteiger partial charge in [-0.3, -0.25) is 14.4 Å². The Morgan fingerprint density at radius 3 is 2.28 bits per heavy atom. The zero-order valence-corrected chi connectivity index (χ0v) is 16.0. The van der Waals surface area contributed by atoms with Gasteiger partial charge in [-0.05, 0) is 61.1 Å². The Kier molecular flexibility index (Phi) is 4.92. The molecule has 2 aromatic carbocycles. The second-order valence-corrected chi connectivity index (χ2v) is 7.68. The van der Waals surface area contributed by atoms with Gasteiger partial charge in [0.25, 0.3) is 5.91 Å². The highest BCUT2D eigenvalue weighted by Gasteiger charge is 2.51. The van der Waals surface area contributed by atoms with E-state index in [1.807, 2.05) is 25.1 Å². The molecule has 0 heterocycles. The molecule has 1 saturated carbocycles. The Balaban J connectivity index is 1.46. The molecule has 0 aromatic heterocycles. The molecule has 3 N–H and O–H groups in total.